The summed E-state index contributed by atoms with van der Waals surface area (Å²) in [6.07, 6.45) is 0. The van der Waals surface area contributed by atoms with Crippen molar-refractivity contribution in [2.75, 3.05) is 35.5 Å². The minimum Gasteiger partial charge on any atom is -0.494 e. The molecular weight excluding hydrogens is 910 g/mol. The van der Waals surface area contributed by atoms with Gasteiger partial charge in [0.25, 0.3) is 23.6 Å². The molecule has 0 fully saturated rings. The van der Waals surface area contributed by atoms with Gasteiger partial charge in [0.2, 0.25) is 12.1 Å². The van der Waals surface area contributed by atoms with Gasteiger partial charge >= 0.3 is 0 Å². The van der Waals surface area contributed by atoms with E-state index >= 15 is 0 Å². The van der Waals surface area contributed by atoms with E-state index in [1.54, 1.807) is 48.5 Å². The molecule has 64 heavy (non-hydrogen) atoms. The Morgan fingerprint density at radius 2 is 0.906 bits per heavy atom. The van der Waals surface area contributed by atoms with E-state index in [0.29, 0.717) is 22.5 Å². The summed E-state index contributed by atoms with van der Waals surface area (Å²) in [5.41, 5.74) is 2.48. The van der Waals surface area contributed by atoms with Crippen molar-refractivity contribution >= 4 is 116 Å². The molecule has 0 aromatic heterocycles. The summed E-state index contributed by atoms with van der Waals surface area (Å²) in [5, 5.41) is 26.4. The van der Waals surface area contributed by atoms with E-state index in [0.717, 1.165) is 13.8 Å². The number of amides is 4. The van der Waals surface area contributed by atoms with Crippen LogP contribution in [-0.2, 0) is 30.9 Å². The molecule has 0 aliphatic rings. The number of methoxy groups -OCH3 is 2. The molecule has 0 aliphatic carbocycles. The Labute approximate surface area is 386 Å². The topological polar surface area (TPSA) is 218 Å². The SMILES string of the molecule is COc1cc(NC(=O)C(N=Nc2cccc(C(=O)Nc3ccccc3CCl)c2Cl)C(C)=O)c(OC)cc1NC(=O)C(N=Nc1cccc(C(=O)Nc2ccccc2CCl)c1Cl)C(C)=O. The highest BCUT2D eigenvalue weighted by Gasteiger charge is 2.28. The van der Waals surface area contributed by atoms with Crippen molar-refractivity contribution in [3.8, 4) is 11.5 Å². The number of nitrogens with zero attached hydrogens (tertiary/aromatic N) is 4. The first-order valence-electron chi connectivity index (χ1n) is 18.9. The highest BCUT2D eigenvalue weighted by Crippen LogP contribution is 2.38. The number of Topliss-reactive ketones (excluding diaryl/α,β-unsaturated/α-hetero) is 2. The monoisotopic (exact) mass is 946 g/mol. The number of ether oxygens (including phenoxy) is 2. The molecular formula is C44H38Cl4N8O8. The molecule has 0 radical (unpaired) electrons. The van der Waals surface area contributed by atoms with Crippen molar-refractivity contribution < 1.29 is 38.2 Å². The van der Waals surface area contributed by atoms with Crippen LogP contribution in [0.1, 0.15) is 45.7 Å². The van der Waals surface area contributed by atoms with Gasteiger partial charge in [-0.15, -0.1) is 23.2 Å². The first-order chi connectivity index (χ1) is 30.7. The number of ketones is 2. The van der Waals surface area contributed by atoms with E-state index in [1.807, 2.05) is 0 Å². The molecule has 4 amide bonds. The van der Waals surface area contributed by atoms with Crippen LogP contribution in [0.25, 0.3) is 0 Å². The lowest BCUT2D eigenvalue weighted by atomic mass is 10.1. The fourth-order valence-electron chi connectivity index (χ4n) is 5.81. The highest BCUT2D eigenvalue weighted by molar-refractivity contribution is 6.37. The second kappa shape index (κ2) is 22.6. The molecule has 4 N–H and O–H groups in total. The zero-order valence-corrected chi connectivity index (χ0v) is 37.4. The van der Waals surface area contributed by atoms with E-state index in [1.165, 1.54) is 62.8 Å². The quantitative estimate of drug-likeness (QED) is 0.0375. The zero-order valence-electron chi connectivity index (χ0n) is 34.4. The van der Waals surface area contributed by atoms with Crippen LogP contribution < -0.4 is 30.7 Å². The van der Waals surface area contributed by atoms with Crippen molar-refractivity contribution in [3.05, 3.63) is 129 Å². The summed E-state index contributed by atoms with van der Waals surface area (Å²) in [7, 11) is 2.57. The number of benzene rings is 5. The standard InChI is InChI=1S/C44H38Cl4N8O8/c1-23(57)39(55-53-31-17-9-13-27(37(31)47)41(59)49-29-15-7-5-11-25(29)21-45)43(61)51-33-19-36(64-4)34(20-35(33)63-3)52-44(62)40(24(2)58)56-54-32-18-10-14-28(38(32)48)42(60)50-30-16-8-6-12-26(30)22-46/h5-20,39-40H,21-22H2,1-4H3,(H,49,59)(H,50,60)(H,51,61)(H,52,62). The van der Waals surface area contributed by atoms with Gasteiger partial charge in [-0.25, -0.2) is 0 Å². The minimum atomic E-state index is -1.68. The van der Waals surface area contributed by atoms with Gasteiger partial charge in [0, 0.05) is 35.3 Å². The maximum Gasteiger partial charge on any atom is 0.258 e. The largest absolute Gasteiger partial charge is 0.494 e. The van der Waals surface area contributed by atoms with Crippen molar-refractivity contribution in [2.24, 2.45) is 20.5 Å². The van der Waals surface area contributed by atoms with Crippen LogP contribution in [0.4, 0.5) is 34.1 Å². The lowest BCUT2D eigenvalue weighted by Gasteiger charge is -2.18. The van der Waals surface area contributed by atoms with Gasteiger partial charge in [-0.2, -0.15) is 20.5 Å². The normalized spacial score (nSPS) is 12.0. The van der Waals surface area contributed by atoms with Gasteiger partial charge in [-0.05, 0) is 61.4 Å². The van der Waals surface area contributed by atoms with Crippen molar-refractivity contribution in [1.82, 2.24) is 0 Å². The Morgan fingerprint density at radius 3 is 1.25 bits per heavy atom. The molecule has 0 saturated carbocycles. The summed E-state index contributed by atoms with van der Waals surface area (Å²) in [4.78, 5) is 78.7. The third-order valence-electron chi connectivity index (χ3n) is 9.13. The van der Waals surface area contributed by atoms with Gasteiger partial charge in [-0.3, -0.25) is 28.8 Å². The minimum absolute atomic E-state index is 0.00210. The Bertz CT molecular complexity index is 2500. The predicted molar refractivity (Wildman–Crippen MR) is 246 cm³/mol. The molecule has 0 heterocycles. The van der Waals surface area contributed by atoms with Crippen LogP contribution in [0, 0.1) is 0 Å². The van der Waals surface area contributed by atoms with E-state index < -0.39 is 47.3 Å². The number of hydrogen-bond donors (Lipinski definition) is 4. The summed E-state index contributed by atoms with van der Waals surface area (Å²) in [5.74, 6) is -4.01. The first kappa shape index (κ1) is 48.3. The molecule has 5 rings (SSSR count). The average molecular weight is 949 g/mol. The molecule has 20 heteroatoms. The number of alkyl halides is 2. The van der Waals surface area contributed by atoms with Gasteiger partial charge in [0.1, 0.15) is 22.9 Å². The van der Waals surface area contributed by atoms with E-state index in [2.05, 4.69) is 41.7 Å². The number of para-hydroxylation sites is 2. The molecule has 0 bridgehead atoms. The van der Waals surface area contributed by atoms with Gasteiger partial charge in [0.05, 0.1) is 46.8 Å². The summed E-state index contributed by atoms with van der Waals surface area (Å²) < 4.78 is 10.9. The third kappa shape index (κ3) is 11.8. The third-order valence-corrected chi connectivity index (χ3v) is 10.5. The first-order valence-corrected chi connectivity index (χ1v) is 20.7. The Kier molecular flexibility index (Phi) is 17.0. The Morgan fingerprint density at radius 1 is 0.531 bits per heavy atom. The number of carbonyl (C=O) groups is 6. The molecule has 16 nitrogen and oxygen atoms in total. The van der Waals surface area contributed by atoms with Crippen molar-refractivity contribution in [2.45, 2.75) is 37.7 Å². The van der Waals surface area contributed by atoms with Crippen LogP contribution in [0.3, 0.4) is 0 Å². The lowest BCUT2D eigenvalue weighted by Crippen LogP contribution is -2.32. The van der Waals surface area contributed by atoms with E-state index in [9.17, 15) is 28.8 Å². The predicted octanol–water partition coefficient (Wildman–Crippen LogP) is 10.4. The molecule has 2 unspecified atom stereocenters. The summed E-state index contributed by atoms with van der Waals surface area (Å²) >= 11 is 25.1. The Balaban J connectivity index is 1.31. The van der Waals surface area contributed by atoms with E-state index in [-0.39, 0.29) is 67.2 Å². The molecule has 5 aromatic carbocycles. The fourth-order valence-corrected chi connectivity index (χ4v) is 6.78. The Hall–Kier alpha value is -6.72. The van der Waals surface area contributed by atoms with Gasteiger partial charge in [0.15, 0.2) is 11.6 Å². The molecule has 0 saturated heterocycles. The molecule has 0 aliphatic heterocycles. The lowest BCUT2D eigenvalue weighted by molar-refractivity contribution is -0.127. The maximum absolute atomic E-state index is 13.5. The average Bonchev–Trinajstić information content (AvgIpc) is 3.27. The smallest absolute Gasteiger partial charge is 0.258 e. The van der Waals surface area contributed by atoms with Gasteiger partial charge in [-0.1, -0.05) is 71.7 Å². The van der Waals surface area contributed by atoms with Crippen molar-refractivity contribution in [1.29, 1.82) is 0 Å². The highest BCUT2D eigenvalue weighted by atomic mass is 35.5. The fraction of sp³-hybridized carbons (Fsp3) is 0.182. The maximum atomic E-state index is 13.5. The number of carbonyl (C=O) groups excluding carboxylic acids is 6. The molecule has 330 valence electrons. The van der Waals surface area contributed by atoms with Crippen LogP contribution in [0.15, 0.2) is 118 Å². The molecule has 5 aromatic rings. The van der Waals surface area contributed by atoms with Gasteiger partial charge < -0.3 is 30.7 Å². The van der Waals surface area contributed by atoms with Crippen LogP contribution in [0.2, 0.25) is 10.0 Å². The number of halogens is 4. The molecule has 0 spiro atoms. The zero-order chi connectivity index (χ0) is 46.5. The number of azo groups is 2. The number of rotatable bonds is 18. The summed E-state index contributed by atoms with van der Waals surface area (Å²) in [6, 6.07) is 22.0. The number of anilines is 4. The number of hydrogen-bond acceptors (Lipinski definition) is 12. The molecule has 2 atom stereocenters. The second-order valence-corrected chi connectivity index (χ2v) is 14.7. The number of nitrogens with one attached hydrogen (secondary N) is 4. The van der Waals surface area contributed by atoms with Crippen molar-refractivity contribution in [3.63, 3.8) is 0 Å². The van der Waals surface area contributed by atoms with Crippen LogP contribution >= 0.6 is 46.4 Å². The summed E-state index contributed by atoms with van der Waals surface area (Å²) in [6.45, 7) is 2.26. The van der Waals surface area contributed by atoms with Crippen LogP contribution in [-0.4, -0.2) is 61.5 Å². The second-order valence-electron chi connectivity index (χ2n) is 13.5. The van der Waals surface area contributed by atoms with Crippen LogP contribution in [0.5, 0.6) is 11.5 Å². The van der Waals surface area contributed by atoms with E-state index in [4.69, 9.17) is 55.9 Å².